The summed E-state index contributed by atoms with van der Waals surface area (Å²) in [5.74, 6) is 0.962. The van der Waals surface area contributed by atoms with Crippen LogP contribution in [0.25, 0.3) is 22.5 Å². The van der Waals surface area contributed by atoms with Gasteiger partial charge in [-0.25, -0.2) is 0 Å². The Bertz CT molecular complexity index is 819. The van der Waals surface area contributed by atoms with Gasteiger partial charge in [-0.15, -0.1) is 0 Å². The minimum absolute atomic E-state index is 0.353. The zero-order valence-electron chi connectivity index (χ0n) is 10.6. The maximum atomic E-state index is 6.19. The van der Waals surface area contributed by atoms with Crippen LogP contribution in [0.1, 0.15) is 0 Å². The lowest BCUT2D eigenvalue weighted by Crippen LogP contribution is -1.90. The Morgan fingerprint density at radius 1 is 1.19 bits per heavy atom. The second-order valence-electron chi connectivity index (χ2n) is 4.38. The molecule has 0 spiro atoms. The highest BCUT2D eigenvalue weighted by atomic mass is 127. The van der Waals surface area contributed by atoms with Gasteiger partial charge in [0, 0.05) is 19.2 Å². The topological polar surface area (TPSA) is 52.0 Å². The van der Waals surface area contributed by atoms with Crippen LogP contribution in [0.2, 0.25) is 5.02 Å². The summed E-state index contributed by atoms with van der Waals surface area (Å²) < 4.78 is 7.34. The minimum Gasteiger partial charge on any atom is -0.380 e. The van der Waals surface area contributed by atoms with Crippen molar-refractivity contribution >= 4 is 55.9 Å². The first kappa shape index (κ1) is 14.9. The van der Waals surface area contributed by atoms with E-state index in [2.05, 4.69) is 43.7 Å². The molecule has 0 saturated heterocycles. The first-order valence-electron chi connectivity index (χ1n) is 6.03. The molecule has 0 aliphatic heterocycles. The molecule has 21 heavy (non-hydrogen) atoms. The quantitative estimate of drug-likeness (QED) is 0.490. The molecule has 2 N–H and O–H groups in total. The summed E-state index contributed by atoms with van der Waals surface area (Å²) in [7, 11) is 0. The number of aromatic nitrogens is 1. The number of halogens is 3. The fourth-order valence-electron chi connectivity index (χ4n) is 2.06. The molecule has 6 heteroatoms. The second-order valence-corrected chi connectivity index (χ2v) is 6.80. The molecule has 0 saturated carbocycles. The average Bonchev–Trinajstić information content (AvgIpc) is 2.84. The van der Waals surface area contributed by atoms with E-state index in [0.717, 1.165) is 24.7 Å². The highest BCUT2D eigenvalue weighted by molar-refractivity contribution is 14.1. The second kappa shape index (κ2) is 5.98. The van der Waals surface area contributed by atoms with Crippen molar-refractivity contribution in [3.05, 3.63) is 55.5 Å². The van der Waals surface area contributed by atoms with E-state index in [4.69, 9.17) is 21.9 Å². The van der Waals surface area contributed by atoms with E-state index in [9.17, 15) is 0 Å². The van der Waals surface area contributed by atoms with Crippen LogP contribution in [-0.2, 0) is 0 Å². The first-order valence-corrected chi connectivity index (χ1v) is 8.28. The Balaban J connectivity index is 2.22. The monoisotopic (exact) mass is 474 g/mol. The standard InChI is InChI=1S/C15H9BrClIN2O/c16-10-4-2-1-3-9(10)13-14(21-20-15(13)19)8-5-6-12(18)11(17)7-8/h1-7H,(H2,19,20). The molecule has 106 valence electrons. The van der Waals surface area contributed by atoms with Gasteiger partial charge in [0.2, 0.25) is 0 Å². The van der Waals surface area contributed by atoms with E-state index in [1.165, 1.54) is 0 Å². The molecule has 0 amide bonds. The SMILES string of the molecule is Nc1noc(-c2ccc(I)c(Cl)c2)c1-c1ccccc1Br. The molecule has 0 aliphatic rings. The van der Waals surface area contributed by atoms with Gasteiger partial charge < -0.3 is 10.3 Å². The van der Waals surface area contributed by atoms with Crippen LogP contribution < -0.4 is 5.73 Å². The molecule has 3 rings (SSSR count). The maximum Gasteiger partial charge on any atom is 0.177 e. The zero-order valence-corrected chi connectivity index (χ0v) is 15.1. The lowest BCUT2D eigenvalue weighted by atomic mass is 10.0. The molecule has 2 aromatic carbocycles. The van der Waals surface area contributed by atoms with Gasteiger partial charge in [0.05, 0.1) is 10.6 Å². The van der Waals surface area contributed by atoms with Crippen molar-refractivity contribution < 1.29 is 4.52 Å². The van der Waals surface area contributed by atoms with E-state index in [1.807, 2.05) is 42.5 Å². The molecule has 0 fully saturated rings. The summed E-state index contributed by atoms with van der Waals surface area (Å²) in [6.07, 6.45) is 0. The van der Waals surface area contributed by atoms with E-state index < -0.39 is 0 Å². The highest BCUT2D eigenvalue weighted by Crippen LogP contribution is 2.40. The van der Waals surface area contributed by atoms with Crippen molar-refractivity contribution in [3.8, 4) is 22.5 Å². The summed E-state index contributed by atoms with van der Waals surface area (Å²) >= 11 is 11.9. The molecule has 3 nitrogen and oxygen atoms in total. The number of hydrogen-bond donors (Lipinski definition) is 1. The van der Waals surface area contributed by atoms with Gasteiger partial charge in [-0.3, -0.25) is 0 Å². The van der Waals surface area contributed by atoms with Crippen LogP contribution in [0.5, 0.6) is 0 Å². The number of benzene rings is 2. The van der Waals surface area contributed by atoms with Crippen molar-refractivity contribution in [1.82, 2.24) is 5.16 Å². The number of nitrogen functional groups attached to an aromatic ring is 1. The predicted molar refractivity (Wildman–Crippen MR) is 97.2 cm³/mol. The smallest absolute Gasteiger partial charge is 0.177 e. The van der Waals surface area contributed by atoms with Crippen LogP contribution in [0, 0.1) is 3.57 Å². The number of hydrogen-bond acceptors (Lipinski definition) is 3. The van der Waals surface area contributed by atoms with Crippen LogP contribution in [0.15, 0.2) is 51.5 Å². The van der Waals surface area contributed by atoms with Crippen molar-refractivity contribution in [2.45, 2.75) is 0 Å². The summed E-state index contributed by atoms with van der Waals surface area (Å²) in [5.41, 5.74) is 8.53. The van der Waals surface area contributed by atoms with E-state index in [1.54, 1.807) is 0 Å². The Hall–Kier alpha value is -1.05. The molecular formula is C15H9BrClIN2O. The van der Waals surface area contributed by atoms with Crippen molar-refractivity contribution in [2.24, 2.45) is 0 Å². The first-order chi connectivity index (χ1) is 10.1. The van der Waals surface area contributed by atoms with Gasteiger partial charge in [0.15, 0.2) is 11.6 Å². The maximum absolute atomic E-state index is 6.19. The fourth-order valence-corrected chi connectivity index (χ4v) is 3.06. The highest BCUT2D eigenvalue weighted by Gasteiger charge is 2.19. The molecular weight excluding hydrogens is 466 g/mol. The lowest BCUT2D eigenvalue weighted by molar-refractivity contribution is 0.436. The van der Waals surface area contributed by atoms with E-state index in [0.29, 0.717) is 16.6 Å². The third-order valence-corrected chi connectivity index (χ3v) is 5.31. The minimum atomic E-state index is 0.353. The van der Waals surface area contributed by atoms with Gasteiger partial charge in [-0.2, -0.15) is 0 Å². The number of nitrogens with zero attached hydrogens (tertiary/aromatic N) is 1. The van der Waals surface area contributed by atoms with Crippen LogP contribution in [0.4, 0.5) is 5.82 Å². The third-order valence-electron chi connectivity index (χ3n) is 3.04. The van der Waals surface area contributed by atoms with Crippen LogP contribution in [0.3, 0.4) is 0 Å². The average molecular weight is 476 g/mol. The molecule has 0 radical (unpaired) electrons. The molecule has 0 atom stereocenters. The van der Waals surface area contributed by atoms with Crippen LogP contribution in [-0.4, -0.2) is 5.16 Å². The fraction of sp³-hybridized carbons (Fsp3) is 0. The molecule has 0 bridgehead atoms. The van der Waals surface area contributed by atoms with Crippen LogP contribution >= 0.6 is 50.1 Å². The van der Waals surface area contributed by atoms with Gasteiger partial charge in [0.25, 0.3) is 0 Å². The summed E-state index contributed by atoms with van der Waals surface area (Å²) in [6, 6.07) is 13.5. The number of nitrogens with two attached hydrogens (primary N) is 1. The van der Waals surface area contributed by atoms with Gasteiger partial charge in [-0.1, -0.05) is 50.9 Å². The normalized spacial score (nSPS) is 10.8. The molecule has 1 aromatic heterocycles. The number of anilines is 1. The zero-order chi connectivity index (χ0) is 15.0. The predicted octanol–water partition coefficient (Wildman–Crippen LogP) is 5.61. The molecule has 0 aliphatic carbocycles. The Labute approximate surface area is 148 Å². The summed E-state index contributed by atoms with van der Waals surface area (Å²) in [6.45, 7) is 0. The number of rotatable bonds is 2. The van der Waals surface area contributed by atoms with Gasteiger partial charge >= 0.3 is 0 Å². The Morgan fingerprint density at radius 3 is 2.67 bits per heavy atom. The van der Waals surface area contributed by atoms with Crippen molar-refractivity contribution in [2.75, 3.05) is 5.73 Å². The third kappa shape index (κ3) is 2.82. The lowest BCUT2D eigenvalue weighted by Gasteiger charge is -2.06. The van der Waals surface area contributed by atoms with Gasteiger partial charge in [0.1, 0.15) is 0 Å². The Kier molecular flexibility index (Phi) is 4.24. The Morgan fingerprint density at radius 2 is 1.95 bits per heavy atom. The summed E-state index contributed by atoms with van der Waals surface area (Å²) in [4.78, 5) is 0. The van der Waals surface area contributed by atoms with E-state index >= 15 is 0 Å². The van der Waals surface area contributed by atoms with Crippen molar-refractivity contribution in [1.29, 1.82) is 0 Å². The molecule has 3 aromatic rings. The largest absolute Gasteiger partial charge is 0.380 e. The molecule has 0 unspecified atom stereocenters. The summed E-state index contributed by atoms with van der Waals surface area (Å²) in [5, 5.41) is 4.57. The van der Waals surface area contributed by atoms with Crippen molar-refractivity contribution in [3.63, 3.8) is 0 Å². The molecule has 1 heterocycles. The van der Waals surface area contributed by atoms with E-state index in [-0.39, 0.29) is 0 Å². The van der Waals surface area contributed by atoms with Gasteiger partial charge in [-0.05, 0) is 46.9 Å².